The second-order valence-electron chi connectivity index (χ2n) is 3.48. The summed E-state index contributed by atoms with van der Waals surface area (Å²) < 4.78 is 5.13. The Hall–Kier alpha value is -1.55. The average molecular weight is 208 g/mol. The summed E-state index contributed by atoms with van der Waals surface area (Å²) in [6, 6.07) is 5.04. The monoisotopic (exact) mass is 208 g/mol. The molecule has 82 valence electrons. The maximum atomic E-state index is 11.4. The molecule has 0 aliphatic rings. The molecule has 1 amide bonds. The molecule has 1 rings (SSSR count). The van der Waals surface area contributed by atoms with Gasteiger partial charge in [-0.3, -0.25) is 4.79 Å². The highest BCUT2D eigenvalue weighted by atomic mass is 16.5. The van der Waals surface area contributed by atoms with Crippen LogP contribution in [0.2, 0.25) is 0 Å². The first-order valence-corrected chi connectivity index (χ1v) is 4.75. The van der Waals surface area contributed by atoms with Crippen molar-refractivity contribution in [1.29, 1.82) is 0 Å². The topological polar surface area (TPSA) is 64.3 Å². The number of rotatable bonds is 3. The molecular formula is C11H16N2O2. The summed E-state index contributed by atoms with van der Waals surface area (Å²) in [6.07, 6.45) is 0. The van der Waals surface area contributed by atoms with Gasteiger partial charge in [-0.2, -0.15) is 0 Å². The summed E-state index contributed by atoms with van der Waals surface area (Å²) in [5.41, 5.74) is 7.16. The molecule has 0 fully saturated rings. The molecule has 0 aromatic heterocycles. The molecular weight excluding hydrogens is 192 g/mol. The molecule has 1 aromatic rings. The molecule has 0 aliphatic heterocycles. The third kappa shape index (κ3) is 2.95. The molecule has 0 spiro atoms. The summed E-state index contributed by atoms with van der Waals surface area (Å²) in [5, 5.41) is 2.71. The average Bonchev–Trinajstić information content (AvgIpc) is 2.18. The van der Waals surface area contributed by atoms with Crippen molar-refractivity contribution < 1.29 is 9.53 Å². The van der Waals surface area contributed by atoms with Crippen LogP contribution in [0.1, 0.15) is 12.5 Å². The van der Waals surface area contributed by atoms with Crippen molar-refractivity contribution >= 4 is 11.6 Å². The fourth-order valence-corrected chi connectivity index (χ4v) is 1.17. The van der Waals surface area contributed by atoms with Gasteiger partial charge in [0.05, 0.1) is 18.8 Å². The molecule has 0 saturated carbocycles. The van der Waals surface area contributed by atoms with Crippen molar-refractivity contribution in [3.63, 3.8) is 0 Å². The Morgan fingerprint density at radius 3 is 2.73 bits per heavy atom. The third-order valence-electron chi connectivity index (χ3n) is 2.03. The lowest BCUT2D eigenvalue weighted by atomic mass is 10.2. The summed E-state index contributed by atoms with van der Waals surface area (Å²) in [6.45, 7) is 3.58. The number of nitrogens with two attached hydrogens (primary N) is 1. The van der Waals surface area contributed by atoms with E-state index in [1.165, 1.54) is 0 Å². The lowest BCUT2D eigenvalue weighted by molar-refractivity contribution is -0.117. The molecule has 15 heavy (non-hydrogen) atoms. The standard InChI is InChI=1S/C11H16N2O2/c1-7-4-5-10(15-3)9(6-7)13-11(14)8(2)12/h4-6,8H,12H2,1-3H3,(H,13,14)/t8-/m0/s1. The number of aryl methyl sites for hydroxylation is 1. The SMILES string of the molecule is COc1ccc(C)cc1NC(=O)[C@H](C)N. The van der Waals surface area contributed by atoms with Crippen LogP contribution in [0, 0.1) is 6.92 Å². The fourth-order valence-electron chi connectivity index (χ4n) is 1.17. The van der Waals surface area contributed by atoms with Crippen molar-refractivity contribution in [1.82, 2.24) is 0 Å². The number of carbonyl (C=O) groups is 1. The molecule has 4 nitrogen and oxygen atoms in total. The molecule has 3 N–H and O–H groups in total. The van der Waals surface area contributed by atoms with Crippen molar-refractivity contribution in [2.75, 3.05) is 12.4 Å². The highest BCUT2D eigenvalue weighted by Gasteiger charge is 2.10. The molecule has 0 bridgehead atoms. The van der Waals surface area contributed by atoms with E-state index in [0.29, 0.717) is 11.4 Å². The number of methoxy groups -OCH3 is 1. The van der Waals surface area contributed by atoms with E-state index < -0.39 is 6.04 Å². The van der Waals surface area contributed by atoms with Gasteiger partial charge in [0.1, 0.15) is 5.75 Å². The van der Waals surface area contributed by atoms with Gasteiger partial charge in [0.15, 0.2) is 0 Å². The van der Waals surface area contributed by atoms with E-state index in [0.717, 1.165) is 5.56 Å². The number of hydrogen-bond acceptors (Lipinski definition) is 3. The van der Waals surface area contributed by atoms with E-state index >= 15 is 0 Å². The zero-order chi connectivity index (χ0) is 11.4. The minimum atomic E-state index is -0.532. The van der Waals surface area contributed by atoms with Crippen LogP contribution >= 0.6 is 0 Å². The second-order valence-corrected chi connectivity index (χ2v) is 3.48. The van der Waals surface area contributed by atoms with Crippen LogP contribution in [-0.2, 0) is 4.79 Å². The van der Waals surface area contributed by atoms with Crippen molar-refractivity contribution in [2.24, 2.45) is 5.73 Å². The first-order valence-electron chi connectivity index (χ1n) is 4.75. The Morgan fingerprint density at radius 2 is 2.20 bits per heavy atom. The summed E-state index contributed by atoms with van der Waals surface area (Å²) >= 11 is 0. The molecule has 4 heteroatoms. The zero-order valence-electron chi connectivity index (χ0n) is 9.20. The lowest BCUT2D eigenvalue weighted by Crippen LogP contribution is -2.32. The fraction of sp³-hybridized carbons (Fsp3) is 0.364. The van der Waals surface area contributed by atoms with Crippen LogP contribution in [0.3, 0.4) is 0 Å². The molecule has 0 radical (unpaired) electrons. The van der Waals surface area contributed by atoms with Crippen LogP contribution in [0.5, 0.6) is 5.75 Å². The van der Waals surface area contributed by atoms with Crippen LogP contribution in [0.4, 0.5) is 5.69 Å². The van der Waals surface area contributed by atoms with E-state index in [-0.39, 0.29) is 5.91 Å². The van der Waals surface area contributed by atoms with E-state index in [9.17, 15) is 4.79 Å². The van der Waals surface area contributed by atoms with E-state index in [1.54, 1.807) is 14.0 Å². The molecule has 0 aliphatic carbocycles. The Kier molecular flexibility index (Phi) is 3.68. The van der Waals surface area contributed by atoms with Crippen molar-refractivity contribution in [3.8, 4) is 5.75 Å². The van der Waals surface area contributed by atoms with Gasteiger partial charge in [-0.15, -0.1) is 0 Å². The Bertz CT molecular complexity index is 362. The first-order chi connectivity index (χ1) is 7.04. The van der Waals surface area contributed by atoms with Gasteiger partial charge in [-0.1, -0.05) is 6.07 Å². The number of ether oxygens (including phenoxy) is 1. The van der Waals surface area contributed by atoms with Crippen LogP contribution < -0.4 is 15.8 Å². The predicted octanol–water partition coefficient (Wildman–Crippen LogP) is 1.29. The highest BCUT2D eigenvalue weighted by molar-refractivity contribution is 5.95. The zero-order valence-corrected chi connectivity index (χ0v) is 9.20. The van der Waals surface area contributed by atoms with E-state index in [4.69, 9.17) is 10.5 Å². The molecule has 0 saturated heterocycles. The maximum Gasteiger partial charge on any atom is 0.241 e. The van der Waals surface area contributed by atoms with Gasteiger partial charge >= 0.3 is 0 Å². The van der Waals surface area contributed by atoms with Gasteiger partial charge in [-0.25, -0.2) is 0 Å². The Morgan fingerprint density at radius 1 is 1.53 bits per heavy atom. The van der Waals surface area contributed by atoms with Gasteiger partial charge in [0, 0.05) is 0 Å². The number of amides is 1. The van der Waals surface area contributed by atoms with Gasteiger partial charge in [0.2, 0.25) is 5.91 Å². The summed E-state index contributed by atoms with van der Waals surface area (Å²) in [4.78, 5) is 11.4. The largest absolute Gasteiger partial charge is 0.495 e. The van der Waals surface area contributed by atoms with Crippen LogP contribution in [0.15, 0.2) is 18.2 Å². The smallest absolute Gasteiger partial charge is 0.241 e. The minimum Gasteiger partial charge on any atom is -0.495 e. The minimum absolute atomic E-state index is 0.223. The predicted molar refractivity (Wildman–Crippen MR) is 60.0 cm³/mol. The second kappa shape index (κ2) is 4.79. The Balaban J connectivity index is 2.92. The Labute approximate surface area is 89.4 Å². The normalized spacial score (nSPS) is 12.0. The molecule has 1 aromatic carbocycles. The first kappa shape index (κ1) is 11.5. The van der Waals surface area contributed by atoms with Gasteiger partial charge in [0.25, 0.3) is 0 Å². The molecule has 1 atom stereocenters. The number of hydrogen-bond donors (Lipinski definition) is 2. The lowest BCUT2D eigenvalue weighted by Gasteiger charge is -2.12. The van der Waals surface area contributed by atoms with Crippen molar-refractivity contribution in [2.45, 2.75) is 19.9 Å². The van der Waals surface area contributed by atoms with Crippen LogP contribution in [0.25, 0.3) is 0 Å². The quantitative estimate of drug-likeness (QED) is 0.786. The van der Waals surface area contributed by atoms with Gasteiger partial charge < -0.3 is 15.8 Å². The number of nitrogens with one attached hydrogen (secondary N) is 1. The number of benzene rings is 1. The van der Waals surface area contributed by atoms with E-state index in [2.05, 4.69) is 5.32 Å². The van der Waals surface area contributed by atoms with Crippen LogP contribution in [-0.4, -0.2) is 19.1 Å². The molecule has 0 unspecified atom stereocenters. The third-order valence-corrected chi connectivity index (χ3v) is 2.03. The van der Waals surface area contributed by atoms with Crippen molar-refractivity contribution in [3.05, 3.63) is 23.8 Å². The maximum absolute atomic E-state index is 11.4. The van der Waals surface area contributed by atoms with Gasteiger partial charge in [-0.05, 0) is 31.5 Å². The molecule has 0 heterocycles. The van der Waals surface area contributed by atoms with E-state index in [1.807, 2.05) is 25.1 Å². The number of carbonyl (C=O) groups excluding carboxylic acids is 1. The summed E-state index contributed by atoms with van der Waals surface area (Å²) in [5.74, 6) is 0.411. The highest BCUT2D eigenvalue weighted by Crippen LogP contribution is 2.25. The summed E-state index contributed by atoms with van der Waals surface area (Å²) in [7, 11) is 1.56. The number of anilines is 1.